The molecule has 1 aliphatic carbocycles. The molecule has 1 amide bonds. The van der Waals surface area contributed by atoms with Crippen molar-refractivity contribution in [3.8, 4) is 11.6 Å². The van der Waals surface area contributed by atoms with E-state index >= 15 is 4.39 Å². The predicted octanol–water partition coefficient (Wildman–Crippen LogP) is 5.11. The average Bonchev–Trinajstić information content (AvgIpc) is 3.00. The molecule has 2 saturated heterocycles. The van der Waals surface area contributed by atoms with Crippen molar-refractivity contribution < 1.29 is 32.2 Å². The zero-order chi connectivity index (χ0) is 29.4. The van der Waals surface area contributed by atoms with Gasteiger partial charge < -0.3 is 24.8 Å². The lowest BCUT2D eigenvalue weighted by atomic mass is 9.69. The normalized spacial score (nSPS) is 23.4. The second-order valence-electron chi connectivity index (χ2n) is 11.5. The number of nitrogens with zero attached hydrogens (tertiary/aromatic N) is 3. The molecule has 3 aromatic rings. The van der Waals surface area contributed by atoms with Gasteiger partial charge in [0.25, 0.3) is 11.8 Å². The van der Waals surface area contributed by atoms with Gasteiger partial charge in [0.05, 0.1) is 41.7 Å². The quantitative estimate of drug-likeness (QED) is 0.320. The fourth-order valence-corrected chi connectivity index (χ4v) is 5.92. The van der Waals surface area contributed by atoms with Crippen molar-refractivity contribution in [2.24, 2.45) is 0 Å². The summed E-state index contributed by atoms with van der Waals surface area (Å²) in [6.45, 7) is 2.31. The van der Waals surface area contributed by atoms with E-state index in [1.54, 1.807) is 12.1 Å². The Morgan fingerprint density at radius 3 is 2.74 bits per heavy atom. The van der Waals surface area contributed by atoms with Gasteiger partial charge in [-0.2, -0.15) is 0 Å². The van der Waals surface area contributed by atoms with Crippen molar-refractivity contribution in [1.82, 2.24) is 20.3 Å². The first-order chi connectivity index (χ1) is 20.2. The molecule has 3 aliphatic heterocycles. The van der Waals surface area contributed by atoms with Gasteiger partial charge in [-0.05, 0) is 56.7 Å². The molecule has 2 N–H and O–H groups in total. The number of amides is 1. The van der Waals surface area contributed by atoms with Crippen LogP contribution in [-0.2, 0) is 22.5 Å². The lowest BCUT2D eigenvalue weighted by molar-refractivity contribution is -0.165. The van der Waals surface area contributed by atoms with E-state index in [0.717, 1.165) is 31.4 Å². The van der Waals surface area contributed by atoms with Crippen molar-refractivity contribution >= 4 is 22.8 Å². The first-order valence-corrected chi connectivity index (χ1v) is 14.4. The van der Waals surface area contributed by atoms with E-state index in [4.69, 9.17) is 14.2 Å². The molecule has 0 radical (unpaired) electrons. The van der Waals surface area contributed by atoms with Gasteiger partial charge in [0.1, 0.15) is 5.82 Å². The van der Waals surface area contributed by atoms with Crippen LogP contribution in [0.5, 0.6) is 11.6 Å². The molecule has 0 aromatic carbocycles. The van der Waals surface area contributed by atoms with Gasteiger partial charge in [0, 0.05) is 36.6 Å². The SMILES string of the molecule is CCC(F)(F)CCOc1ccc2ncc(F)c(CCC34CCC(NCc5ccc6c(n5)NC(=O)CO6)(CC3)CO4)c2n1. The van der Waals surface area contributed by atoms with Gasteiger partial charge in [-0.15, -0.1) is 0 Å². The zero-order valence-electron chi connectivity index (χ0n) is 23.5. The minimum atomic E-state index is -2.80. The van der Waals surface area contributed by atoms with Crippen LogP contribution in [0.2, 0.25) is 0 Å². The van der Waals surface area contributed by atoms with E-state index in [-0.39, 0.29) is 42.6 Å². The Hall–Kier alpha value is -3.51. The molecule has 3 aromatic heterocycles. The number of hydrogen-bond acceptors (Lipinski definition) is 8. The van der Waals surface area contributed by atoms with E-state index in [1.165, 1.54) is 13.1 Å². The Morgan fingerprint density at radius 2 is 1.98 bits per heavy atom. The van der Waals surface area contributed by atoms with Crippen molar-refractivity contribution in [3.05, 3.63) is 47.5 Å². The van der Waals surface area contributed by atoms with Crippen LogP contribution in [0.3, 0.4) is 0 Å². The summed E-state index contributed by atoms with van der Waals surface area (Å²) in [4.78, 5) is 24.7. The number of aryl methyl sites for hydroxylation is 1. The number of aromatic nitrogens is 3. The minimum absolute atomic E-state index is 0.00661. The molecule has 1 saturated carbocycles. The third-order valence-corrected chi connectivity index (χ3v) is 8.76. The highest BCUT2D eigenvalue weighted by molar-refractivity contribution is 5.94. The zero-order valence-corrected chi connectivity index (χ0v) is 23.5. The molecule has 4 aliphatic rings. The third kappa shape index (κ3) is 6.00. The van der Waals surface area contributed by atoms with Gasteiger partial charge in [0.2, 0.25) is 5.88 Å². The number of anilines is 1. The fourth-order valence-electron chi connectivity index (χ4n) is 5.92. The molecule has 0 unspecified atom stereocenters. The Kier molecular flexibility index (Phi) is 7.69. The lowest BCUT2D eigenvalue weighted by Crippen LogP contribution is -2.61. The van der Waals surface area contributed by atoms with Gasteiger partial charge in [-0.1, -0.05) is 6.92 Å². The van der Waals surface area contributed by atoms with Crippen molar-refractivity contribution in [1.29, 1.82) is 0 Å². The third-order valence-electron chi connectivity index (χ3n) is 8.76. The van der Waals surface area contributed by atoms with E-state index in [1.807, 2.05) is 12.1 Å². The number of hydrogen-bond donors (Lipinski definition) is 2. The summed E-state index contributed by atoms with van der Waals surface area (Å²) in [5.41, 5.74) is 1.61. The number of rotatable bonds is 11. The maximum atomic E-state index is 15.0. The maximum Gasteiger partial charge on any atom is 0.263 e. The van der Waals surface area contributed by atoms with Gasteiger partial charge in [-0.25, -0.2) is 23.1 Å². The molecule has 224 valence electrons. The van der Waals surface area contributed by atoms with Crippen LogP contribution in [0.1, 0.15) is 63.1 Å². The van der Waals surface area contributed by atoms with E-state index in [9.17, 15) is 13.6 Å². The summed E-state index contributed by atoms with van der Waals surface area (Å²) < 4.78 is 59.5. The number of ether oxygens (including phenoxy) is 3. The smallest absolute Gasteiger partial charge is 0.263 e. The number of fused-ring (bicyclic) bond motifs is 5. The molecule has 42 heavy (non-hydrogen) atoms. The van der Waals surface area contributed by atoms with Crippen molar-refractivity contribution in [2.45, 2.75) is 81.9 Å². The summed E-state index contributed by atoms with van der Waals surface area (Å²) in [7, 11) is 0. The molecule has 3 fully saturated rings. The largest absolute Gasteiger partial charge is 0.480 e. The van der Waals surface area contributed by atoms with Crippen LogP contribution < -0.4 is 20.1 Å². The predicted molar refractivity (Wildman–Crippen MR) is 148 cm³/mol. The maximum absolute atomic E-state index is 15.0. The van der Waals surface area contributed by atoms with Gasteiger partial charge in [-0.3, -0.25) is 9.78 Å². The molecule has 0 atom stereocenters. The molecule has 0 spiro atoms. The summed E-state index contributed by atoms with van der Waals surface area (Å²) in [5, 5.41) is 6.38. The Labute approximate surface area is 241 Å². The number of halogens is 3. The standard InChI is InChI=1S/C30H34F3N5O4/c1-2-30(32,33)13-14-40-25-6-4-22-26(38-25)20(21(31)16-34-22)7-8-29-11-9-28(10-12-29,18-42-29)35-15-19-3-5-23-27(36-19)37-24(39)17-41-23/h3-6,16,35H,2,7-15,17-18H2,1H3,(H,36,37,39). The highest BCUT2D eigenvalue weighted by Crippen LogP contribution is 2.46. The van der Waals surface area contributed by atoms with Crippen LogP contribution >= 0.6 is 0 Å². The summed E-state index contributed by atoms with van der Waals surface area (Å²) in [6, 6.07) is 6.94. The molecule has 12 heteroatoms. The second kappa shape index (κ2) is 11.3. The van der Waals surface area contributed by atoms with E-state index in [0.29, 0.717) is 54.2 Å². The van der Waals surface area contributed by atoms with E-state index in [2.05, 4.69) is 25.6 Å². The lowest BCUT2D eigenvalue weighted by Gasteiger charge is -2.53. The summed E-state index contributed by atoms with van der Waals surface area (Å²) >= 11 is 0. The number of nitrogens with one attached hydrogen (secondary N) is 2. The number of carbonyl (C=O) groups is 1. The van der Waals surface area contributed by atoms with Crippen LogP contribution in [0.25, 0.3) is 11.0 Å². The minimum Gasteiger partial charge on any atom is -0.480 e. The van der Waals surface area contributed by atoms with Crippen molar-refractivity contribution in [2.75, 3.05) is 25.1 Å². The highest BCUT2D eigenvalue weighted by Gasteiger charge is 2.49. The van der Waals surface area contributed by atoms with Gasteiger partial charge in [0.15, 0.2) is 18.2 Å². The van der Waals surface area contributed by atoms with Gasteiger partial charge >= 0.3 is 0 Å². The monoisotopic (exact) mass is 585 g/mol. The topological polar surface area (TPSA) is 107 Å². The molecule has 7 rings (SSSR count). The summed E-state index contributed by atoms with van der Waals surface area (Å²) in [6.07, 6.45) is 5.05. The number of pyridine rings is 3. The average molecular weight is 586 g/mol. The molecular weight excluding hydrogens is 551 g/mol. The molecule has 2 bridgehead atoms. The fraction of sp³-hybridized carbons (Fsp3) is 0.533. The highest BCUT2D eigenvalue weighted by atomic mass is 19.3. The summed E-state index contributed by atoms with van der Waals surface area (Å²) in [5.74, 6) is -2.30. The van der Waals surface area contributed by atoms with Crippen molar-refractivity contribution in [3.63, 3.8) is 0 Å². The number of carbonyl (C=O) groups excluding carboxylic acids is 1. The Morgan fingerprint density at radius 1 is 1.14 bits per heavy atom. The van der Waals surface area contributed by atoms with Crippen LogP contribution in [0.15, 0.2) is 30.5 Å². The van der Waals surface area contributed by atoms with Crippen LogP contribution in [0, 0.1) is 5.82 Å². The Balaban J connectivity index is 1.07. The first kappa shape index (κ1) is 28.6. The molecule has 9 nitrogen and oxygen atoms in total. The van der Waals surface area contributed by atoms with E-state index < -0.39 is 18.2 Å². The second-order valence-corrected chi connectivity index (χ2v) is 11.5. The first-order valence-electron chi connectivity index (χ1n) is 14.4. The molecule has 6 heterocycles. The van der Waals surface area contributed by atoms with Crippen LogP contribution in [-0.4, -0.2) is 57.7 Å². The van der Waals surface area contributed by atoms with Crippen LogP contribution in [0.4, 0.5) is 19.0 Å². The number of alkyl halides is 2. The Bertz CT molecular complexity index is 1460. The molecular formula is C30H34F3N5O4.